The highest BCUT2D eigenvalue weighted by molar-refractivity contribution is 5.95. The van der Waals surface area contributed by atoms with Gasteiger partial charge in [0.05, 0.1) is 0 Å². The molecule has 1 aromatic carbocycles. The number of benzene rings is 1. The molecular weight excluding hydrogens is 214 g/mol. The van der Waals surface area contributed by atoms with Crippen LogP contribution in [0.5, 0.6) is 5.75 Å². The number of aryl methyl sites for hydroxylation is 1. The van der Waals surface area contributed by atoms with Gasteiger partial charge < -0.3 is 10.4 Å². The van der Waals surface area contributed by atoms with Gasteiger partial charge in [0.15, 0.2) is 0 Å². The zero-order valence-corrected chi connectivity index (χ0v) is 10.9. The average molecular weight is 235 g/mol. The van der Waals surface area contributed by atoms with E-state index in [9.17, 15) is 9.90 Å². The number of hydrogen-bond acceptors (Lipinski definition) is 2. The molecule has 94 valence electrons. The Morgan fingerprint density at radius 2 is 2.00 bits per heavy atom. The van der Waals surface area contributed by atoms with Crippen LogP contribution in [0.15, 0.2) is 18.2 Å². The van der Waals surface area contributed by atoms with Gasteiger partial charge in [0, 0.05) is 11.6 Å². The Morgan fingerprint density at radius 1 is 1.35 bits per heavy atom. The molecule has 0 saturated heterocycles. The summed E-state index contributed by atoms with van der Waals surface area (Å²) < 4.78 is 0. The third kappa shape index (κ3) is 4.10. The van der Waals surface area contributed by atoms with Gasteiger partial charge in [0.2, 0.25) is 0 Å². The van der Waals surface area contributed by atoms with E-state index in [4.69, 9.17) is 0 Å². The largest absolute Gasteiger partial charge is 0.508 e. The van der Waals surface area contributed by atoms with Crippen LogP contribution in [0.25, 0.3) is 0 Å². The van der Waals surface area contributed by atoms with Gasteiger partial charge in [0.25, 0.3) is 5.91 Å². The number of rotatable bonds is 4. The van der Waals surface area contributed by atoms with E-state index in [0.717, 1.165) is 12.0 Å². The Labute approximate surface area is 103 Å². The number of aromatic hydroxyl groups is 1. The summed E-state index contributed by atoms with van der Waals surface area (Å²) in [5.74, 6) is 0.677. The lowest BCUT2D eigenvalue weighted by molar-refractivity contribution is 0.0935. The molecule has 3 heteroatoms. The van der Waals surface area contributed by atoms with Gasteiger partial charge in [-0.3, -0.25) is 4.79 Å². The van der Waals surface area contributed by atoms with Crippen molar-refractivity contribution in [1.29, 1.82) is 0 Å². The third-order valence-electron chi connectivity index (χ3n) is 2.66. The van der Waals surface area contributed by atoms with E-state index >= 15 is 0 Å². The van der Waals surface area contributed by atoms with E-state index in [1.165, 1.54) is 6.07 Å². The van der Waals surface area contributed by atoms with Crippen LogP contribution in [-0.2, 0) is 0 Å². The number of amides is 1. The van der Waals surface area contributed by atoms with Crippen LogP contribution in [-0.4, -0.2) is 17.1 Å². The Kier molecular flexibility index (Phi) is 4.55. The first-order chi connectivity index (χ1) is 7.90. The Morgan fingerprint density at radius 3 is 2.53 bits per heavy atom. The lowest BCUT2D eigenvalue weighted by Gasteiger charge is -2.16. The minimum Gasteiger partial charge on any atom is -0.508 e. The van der Waals surface area contributed by atoms with E-state index in [-0.39, 0.29) is 17.7 Å². The first kappa shape index (κ1) is 13.6. The van der Waals surface area contributed by atoms with Crippen LogP contribution in [0.2, 0.25) is 0 Å². The summed E-state index contributed by atoms with van der Waals surface area (Å²) in [5, 5.41) is 12.3. The van der Waals surface area contributed by atoms with Crippen LogP contribution in [0.3, 0.4) is 0 Å². The molecular formula is C14H21NO2. The van der Waals surface area contributed by atoms with Gasteiger partial charge in [0.1, 0.15) is 5.75 Å². The highest BCUT2D eigenvalue weighted by atomic mass is 16.3. The molecule has 1 aromatic rings. The number of phenolic OH excluding ortho intramolecular Hbond substituents is 1. The molecule has 3 nitrogen and oxygen atoms in total. The lowest BCUT2D eigenvalue weighted by atomic mass is 10.0. The Balaban J connectivity index is 2.70. The van der Waals surface area contributed by atoms with Crippen molar-refractivity contribution in [3.8, 4) is 5.75 Å². The Hall–Kier alpha value is -1.51. The molecule has 0 aliphatic heterocycles. The minimum absolute atomic E-state index is 0.0735. The quantitative estimate of drug-likeness (QED) is 0.843. The third-order valence-corrected chi connectivity index (χ3v) is 2.66. The highest BCUT2D eigenvalue weighted by Crippen LogP contribution is 2.16. The molecule has 0 radical (unpaired) electrons. The maximum absolute atomic E-state index is 12.0. The van der Waals surface area contributed by atoms with E-state index in [2.05, 4.69) is 19.2 Å². The van der Waals surface area contributed by atoms with Crippen molar-refractivity contribution < 1.29 is 9.90 Å². The molecule has 0 heterocycles. The molecule has 1 rings (SSSR count). The summed E-state index contributed by atoms with van der Waals surface area (Å²) in [5.41, 5.74) is 1.41. The summed E-state index contributed by atoms with van der Waals surface area (Å²) in [6, 6.07) is 4.95. The molecule has 0 aliphatic carbocycles. The summed E-state index contributed by atoms with van der Waals surface area (Å²) in [6.07, 6.45) is 0.961. The molecule has 0 saturated carbocycles. The first-order valence-corrected chi connectivity index (χ1v) is 6.00. The zero-order valence-electron chi connectivity index (χ0n) is 10.9. The number of nitrogens with one attached hydrogen (secondary N) is 1. The van der Waals surface area contributed by atoms with Gasteiger partial charge in [-0.1, -0.05) is 13.8 Å². The van der Waals surface area contributed by atoms with Crippen LogP contribution >= 0.6 is 0 Å². The van der Waals surface area contributed by atoms with Crippen molar-refractivity contribution in [1.82, 2.24) is 5.32 Å². The van der Waals surface area contributed by atoms with Crippen LogP contribution in [0, 0.1) is 12.8 Å². The lowest BCUT2D eigenvalue weighted by Crippen LogP contribution is -2.33. The maximum Gasteiger partial charge on any atom is 0.251 e. The number of carbonyl (C=O) groups is 1. The molecule has 0 fully saturated rings. The summed E-state index contributed by atoms with van der Waals surface area (Å²) in [7, 11) is 0. The SMILES string of the molecule is Cc1cc(O)ccc1C(=O)NC(C)CC(C)C. The fraction of sp³-hybridized carbons (Fsp3) is 0.500. The van der Waals surface area contributed by atoms with Gasteiger partial charge in [-0.05, 0) is 49.9 Å². The molecule has 0 bridgehead atoms. The molecule has 2 N–H and O–H groups in total. The van der Waals surface area contributed by atoms with Crippen molar-refractivity contribution in [3.63, 3.8) is 0 Å². The van der Waals surface area contributed by atoms with Crippen LogP contribution < -0.4 is 5.32 Å². The predicted molar refractivity (Wildman–Crippen MR) is 69.2 cm³/mol. The Bertz CT molecular complexity index is 399. The minimum atomic E-state index is -0.0735. The standard InChI is InChI=1S/C14H21NO2/c1-9(2)7-11(4)15-14(17)13-6-5-12(16)8-10(13)3/h5-6,8-9,11,16H,7H2,1-4H3,(H,15,17). The van der Waals surface area contributed by atoms with Crippen molar-refractivity contribution in [2.75, 3.05) is 0 Å². The van der Waals surface area contributed by atoms with E-state index in [0.29, 0.717) is 11.5 Å². The molecule has 1 amide bonds. The summed E-state index contributed by atoms with van der Waals surface area (Å²) in [4.78, 5) is 12.0. The van der Waals surface area contributed by atoms with Crippen molar-refractivity contribution in [2.45, 2.75) is 40.2 Å². The van der Waals surface area contributed by atoms with Crippen molar-refractivity contribution >= 4 is 5.91 Å². The van der Waals surface area contributed by atoms with Gasteiger partial charge in [-0.25, -0.2) is 0 Å². The van der Waals surface area contributed by atoms with Gasteiger partial charge >= 0.3 is 0 Å². The second-order valence-corrected chi connectivity index (χ2v) is 5.00. The summed E-state index contributed by atoms with van der Waals surface area (Å²) in [6.45, 7) is 8.10. The highest BCUT2D eigenvalue weighted by Gasteiger charge is 2.13. The van der Waals surface area contributed by atoms with Crippen LogP contribution in [0.1, 0.15) is 43.1 Å². The number of phenols is 1. The maximum atomic E-state index is 12.0. The number of carbonyl (C=O) groups excluding carboxylic acids is 1. The van der Waals surface area contributed by atoms with E-state index in [1.807, 2.05) is 13.8 Å². The van der Waals surface area contributed by atoms with Crippen molar-refractivity contribution in [2.24, 2.45) is 5.92 Å². The second kappa shape index (κ2) is 5.71. The monoisotopic (exact) mass is 235 g/mol. The number of hydrogen-bond donors (Lipinski definition) is 2. The molecule has 17 heavy (non-hydrogen) atoms. The van der Waals surface area contributed by atoms with E-state index < -0.39 is 0 Å². The molecule has 1 atom stereocenters. The van der Waals surface area contributed by atoms with Gasteiger partial charge in [-0.2, -0.15) is 0 Å². The molecule has 0 aromatic heterocycles. The first-order valence-electron chi connectivity index (χ1n) is 6.00. The average Bonchev–Trinajstić information content (AvgIpc) is 2.15. The zero-order chi connectivity index (χ0) is 13.0. The topological polar surface area (TPSA) is 49.3 Å². The van der Waals surface area contributed by atoms with E-state index in [1.54, 1.807) is 12.1 Å². The molecule has 1 unspecified atom stereocenters. The fourth-order valence-electron chi connectivity index (χ4n) is 1.97. The normalized spacial score (nSPS) is 12.5. The fourth-order valence-corrected chi connectivity index (χ4v) is 1.97. The molecule has 0 aliphatic rings. The molecule has 0 spiro atoms. The van der Waals surface area contributed by atoms with Gasteiger partial charge in [-0.15, -0.1) is 0 Å². The van der Waals surface area contributed by atoms with Crippen LogP contribution in [0.4, 0.5) is 0 Å². The van der Waals surface area contributed by atoms with Crippen molar-refractivity contribution in [3.05, 3.63) is 29.3 Å². The summed E-state index contributed by atoms with van der Waals surface area (Å²) >= 11 is 0. The second-order valence-electron chi connectivity index (χ2n) is 5.00. The smallest absolute Gasteiger partial charge is 0.251 e. The predicted octanol–water partition coefficient (Wildman–Crippen LogP) is 2.87.